The number of benzene rings is 1. The van der Waals surface area contributed by atoms with E-state index in [0.29, 0.717) is 10.6 Å². The van der Waals surface area contributed by atoms with Gasteiger partial charge in [0.1, 0.15) is 0 Å². The maximum atomic E-state index is 12.6. The topological polar surface area (TPSA) is 26.0 Å². The second kappa shape index (κ2) is 4.50. The molecule has 0 bridgehead atoms. The van der Waals surface area contributed by atoms with Gasteiger partial charge in [0.25, 0.3) is 0 Å². The van der Waals surface area contributed by atoms with Gasteiger partial charge < -0.3 is 5.73 Å². The van der Waals surface area contributed by atoms with Crippen LogP contribution >= 0.6 is 11.6 Å². The molecule has 1 atom stereocenters. The molecular formula is C12H13ClF3N. The van der Waals surface area contributed by atoms with E-state index in [2.05, 4.69) is 0 Å². The average molecular weight is 264 g/mol. The van der Waals surface area contributed by atoms with Crippen LogP contribution in [0.15, 0.2) is 18.2 Å². The van der Waals surface area contributed by atoms with Gasteiger partial charge in [0.2, 0.25) is 0 Å². The zero-order chi connectivity index (χ0) is 12.6. The summed E-state index contributed by atoms with van der Waals surface area (Å²) in [6.07, 6.45) is -1.32. The first-order valence-corrected chi connectivity index (χ1v) is 5.89. The van der Waals surface area contributed by atoms with Crippen molar-refractivity contribution in [3.05, 3.63) is 34.3 Å². The van der Waals surface area contributed by atoms with E-state index in [9.17, 15) is 13.2 Å². The Morgan fingerprint density at radius 2 is 1.94 bits per heavy atom. The van der Waals surface area contributed by atoms with Gasteiger partial charge in [-0.15, -0.1) is 0 Å². The van der Waals surface area contributed by atoms with Gasteiger partial charge in [0.05, 0.1) is 5.56 Å². The zero-order valence-corrected chi connectivity index (χ0v) is 9.85. The molecule has 1 aliphatic carbocycles. The second-order valence-corrected chi connectivity index (χ2v) is 4.86. The number of nitrogens with two attached hydrogens (primary N) is 1. The Hall–Kier alpha value is -0.740. The van der Waals surface area contributed by atoms with Crippen LogP contribution in [0.3, 0.4) is 0 Å². The summed E-state index contributed by atoms with van der Waals surface area (Å²) < 4.78 is 37.7. The van der Waals surface area contributed by atoms with Crippen molar-refractivity contribution < 1.29 is 13.2 Å². The number of alkyl halides is 3. The Labute approximate surface area is 103 Å². The lowest BCUT2D eigenvalue weighted by molar-refractivity contribution is -0.137. The van der Waals surface area contributed by atoms with Crippen LogP contribution in [-0.2, 0) is 6.18 Å². The minimum Gasteiger partial charge on any atom is -0.324 e. The van der Waals surface area contributed by atoms with Gasteiger partial charge in [-0.3, -0.25) is 0 Å². The summed E-state index contributed by atoms with van der Waals surface area (Å²) in [5.41, 5.74) is 5.68. The molecule has 1 aromatic rings. The normalized spacial score (nSPS) is 18.9. The minimum atomic E-state index is -4.35. The largest absolute Gasteiger partial charge is 0.416 e. The van der Waals surface area contributed by atoms with E-state index in [4.69, 9.17) is 17.3 Å². The third-order valence-corrected chi connectivity index (χ3v) is 3.68. The van der Waals surface area contributed by atoms with Crippen molar-refractivity contribution in [1.29, 1.82) is 0 Å². The SMILES string of the molecule is N[C@@H](c1cc(C(F)(F)F)ccc1Cl)C1CCC1. The smallest absolute Gasteiger partial charge is 0.324 e. The summed E-state index contributed by atoms with van der Waals surface area (Å²) in [5, 5.41) is 0.317. The molecular weight excluding hydrogens is 251 g/mol. The van der Waals surface area contributed by atoms with Gasteiger partial charge in [-0.1, -0.05) is 18.0 Å². The van der Waals surface area contributed by atoms with Crippen molar-refractivity contribution in [2.45, 2.75) is 31.5 Å². The predicted octanol–water partition coefficient (Wildman–Crippen LogP) is 4.16. The Kier molecular flexibility index (Phi) is 3.36. The van der Waals surface area contributed by atoms with E-state index in [1.165, 1.54) is 6.07 Å². The highest BCUT2D eigenvalue weighted by molar-refractivity contribution is 6.31. The predicted molar refractivity (Wildman–Crippen MR) is 60.7 cm³/mol. The van der Waals surface area contributed by atoms with Crippen molar-refractivity contribution in [3.8, 4) is 0 Å². The summed E-state index contributed by atoms with van der Waals surface area (Å²) in [5.74, 6) is 0.260. The van der Waals surface area contributed by atoms with Crippen molar-refractivity contribution in [3.63, 3.8) is 0 Å². The van der Waals surface area contributed by atoms with Gasteiger partial charge in [-0.25, -0.2) is 0 Å². The molecule has 0 radical (unpaired) electrons. The summed E-state index contributed by atoms with van der Waals surface area (Å²) in [6, 6.07) is 2.95. The van der Waals surface area contributed by atoms with Crippen LogP contribution < -0.4 is 5.73 Å². The van der Waals surface area contributed by atoms with Crippen molar-refractivity contribution in [1.82, 2.24) is 0 Å². The van der Waals surface area contributed by atoms with E-state index >= 15 is 0 Å². The van der Waals surface area contributed by atoms with Gasteiger partial charge in [0.15, 0.2) is 0 Å². The molecule has 17 heavy (non-hydrogen) atoms. The van der Waals surface area contributed by atoms with Crippen LogP contribution in [0.1, 0.15) is 36.4 Å². The summed E-state index contributed by atoms with van der Waals surface area (Å²) in [6.45, 7) is 0. The molecule has 2 N–H and O–H groups in total. The summed E-state index contributed by atoms with van der Waals surface area (Å²) in [4.78, 5) is 0. The van der Waals surface area contributed by atoms with E-state index in [1.54, 1.807) is 0 Å². The summed E-state index contributed by atoms with van der Waals surface area (Å²) in [7, 11) is 0. The van der Waals surface area contributed by atoms with Gasteiger partial charge in [-0.05, 0) is 42.5 Å². The highest BCUT2D eigenvalue weighted by atomic mass is 35.5. The Morgan fingerprint density at radius 3 is 2.41 bits per heavy atom. The first-order chi connectivity index (χ1) is 7.89. The van der Waals surface area contributed by atoms with Gasteiger partial charge in [0, 0.05) is 11.1 Å². The molecule has 1 aliphatic rings. The highest BCUT2D eigenvalue weighted by Gasteiger charge is 2.33. The quantitative estimate of drug-likeness (QED) is 0.852. The number of hydrogen-bond acceptors (Lipinski definition) is 1. The lowest BCUT2D eigenvalue weighted by Crippen LogP contribution is -2.27. The fourth-order valence-corrected chi connectivity index (χ4v) is 2.27. The molecule has 0 aliphatic heterocycles. The molecule has 1 fully saturated rings. The second-order valence-electron chi connectivity index (χ2n) is 4.45. The van der Waals surface area contributed by atoms with Crippen LogP contribution in [0.2, 0.25) is 5.02 Å². The van der Waals surface area contributed by atoms with Crippen molar-refractivity contribution in [2.24, 2.45) is 11.7 Å². The lowest BCUT2D eigenvalue weighted by Gasteiger charge is -2.32. The molecule has 1 nitrogen and oxygen atoms in total. The van der Waals surface area contributed by atoms with E-state index in [-0.39, 0.29) is 5.92 Å². The van der Waals surface area contributed by atoms with Crippen LogP contribution in [0.4, 0.5) is 13.2 Å². The van der Waals surface area contributed by atoms with E-state index in [0.717, 1.165) is 31.4 Å². The van der Waals surface area contributed by atoms with Crippen molar-refractivity contribution in [2.75, 3.05) is 0 Å². The summed E-state index contributed by atoms with van der Waals surface area (Å²) >= 11 is 5.92. The molecule has 0 heterocycles. The molecule has 0 unspecified atom stereocenters. The van der Waals surface area contributed by atoms with Crippen LogP contribution in [-0.4, -0.2) is 0 Å². The molecule has 94 valence electrons. The Bertz CT molecular complexity index is 413. The number of rotatable bonds is 2. The van der Waals surface area contributed by atoms with Gasteiger partial charge in [-0.2, -0.15) is 13.2 Å². The molecule has 1 aromatic carbocycles. The van der Waals surface area contributed by atoms with Crippen LogP contribution in [0, 0.1) is 5.92 Å². The maximum Gasteiger partial charge on any atom is 0.416 e. The zero-order valence-electron chi connectivity index (χ0n) is 9.10. The fourth-order valence-electron chi connectivity index (χ4n) is 2.03. The average Bonchev–Trinajstić information content (AvgIpc) is 2.13. The molecule has 5 heteroatoms. The molecule has 1 saturated carbocycles. The fraction of sp³-hybridized carbons (Fsp3) is 0.500. The van der Waals surface area contributed by atoms with E-state index < -0.39 is 17.8 Å². The van der Waals surface area contributed by atoms with E-state index in [1.807, 2.05) is 0 Å². The van der Waals surface area contributed by atoms with Crippen LogP contribution in [0.25, 0.3) is 0 Å². The third kappa shape index (κ3) is 2.58. The Balaban J connectivity index is 2.31. The van der Waals surface area contributed by atoms with Crippen LogP contribution in [0.5, 0.6) is 0 Å². The third-order valence-electron chi connectivity index (χ3n) is 3.34. The molecule has 0 saturated heterocycles. The molecule has 0 amide bonds. The number of halogens is 4. The molecule has 0 aromatic heterocycles. The maximum absolute atomic E-state index is 12.6. The molecule has 2 rings (SSSR count). The first-order valence-electron chi connectivity index (χ1n) is 5.52. The molecule has 0 spiro atoms. The standard InChI is InChI=1S/C12H13ClF3N/c13-10-5-4-8(12(14,15)16)6-9(10)11(17)7-2-1-3-7/h4-7,11H,1-3,17H2/t11-/m1/s1. The Morgan fingerprint density at radius 1 is 1.29 bits per heavy atom. The van der Waals surface area contributed by atoms with Gasteiger partial charge >= 0.3 is 6.18 Å². The monoisotopic (exact) mass is 263 g/mol. The first kappa shape index (κ1) is 12.7. The highest BCUT2D eigenvalue weighted by Crippen LogP contribution is 2.40. The minimum absolute atomic E-state index is 0.260. The van der Waals surface area contributed by atoms with Crippen molar-refractivity contribution >= 4 is 11.6 Å². The lowest BCUT2D eigenvalue weighted by atomic mass is 9.77. The number of hydrogen-bond donors (Lipinski definition) is 1.